The minimum Gasteiger partial charge on any atom is -0.508 e. The van der Waals surface area contributed by atoms with Crippen molar-refractivity contribution in [2.24, 2.45) is 17.4 Å². The average molecular weight is 1010 g/mol. The Balaban J connectivity index is 0.977. The molecule has 1 aliphatic carbocycles. The van der Waals surface area contributed by atoms with Gasteiger partial charge in [0, 0.05) is 99.1 Å². The van der Waals surface area contributed by atoms with Gasteiger partial charge in [-0.3, -0.25) is 14.4 Å². The number of phenols is 1. The summed E-state index contributed by atoms with van der Waals surface area (Å²) < 4.78 is 9.29. The molecule has 9 rings (SSSR count). The first-order chi connectivity index (χ1) is 35.9. The summed E-state index contributed by atoms with van der Waals surface area (Å²) in [4.78, 5) is 75.7. The number of aromatic carboxylic acids is 1. The van der Waals surface area contributed by atoms with E-state index in [2.05, 4.69) is 39.8 Å². The van der Waals surface area contributed by atoms with Crippen molar-refractivity contribution in [3.63, 3.8) is 0 Å². The lowest BCUT2D eigenvalue weighted by molar-refractivity contribution is -0.137. The van der Waals surface area contributed by atoms with Gasteiger partial charge in [-0.25, -0.2) is 14.2 Å². The molecule has 2 atom stereocenters. The molecule has 3 aliphatic heterocycles. The van der Waals surface area contributed by atoms with Crippen LogP contribution in [0.3, 0.4) is 0 Å². The summed E-state index contributed by atoms with van der Waals surface area (Å²) in [5.74, 6) is -0.297. The topological polar surface area (TPSA) is 299 Å². The van der Waals surface area contributed by atoms with Crippen LogP contribution in [0.5, 0.6) is 5.75 Å². The molecule has 0 spiro atoms. The maximum Gasteiger partial charge on any atom is 0.336 e. The number of fused-ring (bicyclic) bond motifs is 2. The zero-order valence-corrected chi connectivity index (χ0v) is 41.6. The van der Waals surface area contributed by atoms with Gasteiger partial charge in [0.15, 0.2) is 5.43 Å². The van der Waals surface area contributed by atoms with E-state index in [1.54, 1.807) is 44.7 Å². The highest BCUT2D eigenvalue weighted by molar-refractivity contribution is 6.08. The largest absolute Gasteiger partial charge is 0.508 e. The summed E-state index contributed by atoms with van der Waals surface area (Å²) in [6, 6.07) is 13.2. The van der Waals surface area contributed by atoms with Gasteiger partial charge in [0.1, 0.15) is 29.7 Å². The Bertz CT molecular complexity index is 3140. The van der Waals surface area contributed by atoms with Crippen LogP contribution in [0.1, 0.15) is 73.7 Å². The Hall–Kier alpha value is -8.05. The highest BCUT2D eigenvalue weighted by Crippen LogP contribution is 2.42. The number of anilines is 4. The molecule has 5 aromatic rings. The van der Waals surface area contributed by atoms with Crippen LogP contribution in [0.4, 0.5) is 23.5 Å². The number of nitrogens with one attached hydrogen (secondary N) is 1. The minimum atomic E-state index is -1.21. The predicted octanol–water partition coefficient (Wildman–Crippen LogP) is 3.93. The molecule has 2 saturated heterocycles. The molecule has 0 unspecified atom stereocenters. The van der Waals surface area contributed by atoms with Crippen LogP contribution in [0.15, 0.2) is 76.2 Å². The summed E-state index contributed by atoms with van der Waals surface area (Å²) in [5.41, 5.74) is 14.7. The van der Waals surface area contributed by atoms with E-state index in [1.165, 1.54) is 30.3 Å². The molecule has 388 valence electrons. The van der Waals surface area contributed by atoms with Gasteiger partial charge in [0.2, 0.25) is 29.7 Å². The molecule has 3 aromatic heterocycles. The van der Waals surface area contributed by atoms with E-state index in [1.807, 2.05) is 20.9 Å². The maximum atomic E-state index is 14.3. The average Bonchev–Trinajstić information content (AvgIpc) is 4.07. The molecule has 4 aliphatic rings. The van der Waals surface area contributed by atoms with Crippen molar-refractivity contribution in [1.82, 2.24) is 54.7 Å². The van der Waals surface area contributed by atoms with Crippen molar-refractivity contribution in [2.45, 2.75) is 71.4 Å². The number of piperazine rings is 2. The summed E-state index contributed by atoms with van der Waals surface area (Å²) in [6.07, 6.45) is 9.48. The van der Waals surface area contributed by atoms with Gasteiger partial charge < -0.3 is 51.0 Å². The second-order valence-corrected chi connectivity index (χ2v) is 18.9. The molecular weight excluding hydrogens is 949 g/mol. The lowest BCUT2D eigenvalue weighted by Gasteiger charge is -2.38. The number of hydrogen-bond donors (Lipinski definition) is 5. The second-order valence-electron chi connectivity index (χ2n) is 18.9. The van der Waals surface area contributed by atoms with Crippen LogP contribution in [-0.2, 0) is 29.0 Å². The number of nitrogens with zero attached hydrogens (tertiary/aromatic N) is 13. The molecule has 0 bridgehead atoms. The quantitative estimate of drug-likeness (QED) is 0.0534. The number of carbonyl (C=O) groups excluding carboxylic acids is 2. The van der Waals surface area contributed by atoms with E-state index in [9.17, 15) is 29.4 Å². The van der Waals surface area contributed by atoms with E-state index in [0.717, 1.165) is 56.3 Å². The summed E-state index contributed by atoms with van der Waals surface area (Å²) in [5, 5.41) is 42.0. The van der Waals surface area contributed by atoms with E-state index in [4.69, 9.17) is 30.8 Å². The van der Waals surface area contributed by atoms with Gasteiger partial charge in [-0.15, -0.1) is 10.2 Å². The van der Waals surface area contributed by atoms with E-state index >= 15 is 0 Å². The molecule has 2 amide bonds. The van der Waals surface area contributed by atoms with Crippen molar-refractivity contribution in [3.8, 4) is 28.2 Å². The third kappa shape index (κ3) is 11.4. The smallest absolute Gasteiger partial charge is 0.336 e. The van der Waals surface area contributed by atoms with Gasteiger partial charge in [-0.1, -0.05) is 36.8 Å². The first kappa shape index (κ1) is 50.9. The lowest BCUT2D eigenvalue weighted by atomic mass is 9.90. The molecule has 7 N–H and O–H groups in total. The number of aromatic nitrogens is 9. The fourth-order valence-electron chi connectivity index (χ4n) is 9.53. The minimum absolute atomic E-state index is 0.000646. The molecular formula is C51H62N16O7. The predicted molar refractivity (Wildman–Crippen MR) is 276 cm³/mol. The molecule has 23 heteroatoms. The Kier molecular flexibility index (Phi) is 15.7. The number of unbranched alkanes of at least 4 members (excludes halogenated alkanes) is 2. The number of nitrogens with two attached hydrogens (primary N) is 2. The molecule has 2 fully saturated rings. The maximum absolute atomic E-state index is 14.3. The zero-order valence-electron chi connectivity index (χ0n) is 41.6. The summed E-state index contributed by atoms with van der Waals surface area (Å²) >= 11 is 0. The first-order valence-corrected chi connectivity index (χ1v) is 25.3. The summed E-state index contributed by atoms with van der Waals surface area (Å²) in [6.45, 7) is 8.63. The molecule has 23 nitrogen and oxygen atoms in total. The number of benzene rings is 3. The number of carboxylic acids is 1. The molecule has 74 heavy (non-hydrogen) atoms. The number of carboxylic acid groups (broad SMARTS) is 1. The monoisotopic (exact) mass is 1010 g/mol. The standard InChI is InChI=1S/C51H62N16O7/c1-3-32(2)46(67-30-35(59-61-67)9-5-7-17-53)47(71)63-20-24-65(25-21-63)51-56-49(55-50(57-51)64-22-18-62(19-23-64)44(70)31-66-29-34(58-60-66)8-4-6-16-52)54-33-10-13-38(41(26-33)48(72)73)45-39-14-11-36(68)27-42(39)74-43-28-37(69)12-15-40(43)45/h10-15,26-30,32,46,68H,3-9,16-25,31,52-53H2,1-2H3,(H,72,73)(H,54,55,56,57)/t32-,46-/m0/s1. The van der Waals surface area contributed by atoms with Gasteiger partial charge >= 0.3 is 5.97 Å². The van der Waals surface area contributed by atoms with Crippen LogP contribution in [0.25, 0.3) is 33.4 Å². The Labute approximate surface area is 426 Å². The highest BCUT2D eigenvalue weighted by atomic mass is 16.4. The van der Waals surface area contributed by atoms with Gasteiger partial charge in [0.05, 0.1) is 17.0 Å². The third-order valence-electron chi connectivity index (χ3n) is 13.8. The molecule has 0 saturated carbocycles. The van der Waals surface area contributed by atoms with E-state index < -0.39 is 12.0 Å². The van der Waals surface area contributed by atoms with E-state index in [0.29, 0.717) is 105 Å². The Morgan fingerprint density at radius 1 is 0.757 bits per heavy atom. The number of aromatic hydroxyl groups is 1. The lowest BCUT2D eigenvalue weighted by Crippen LogP contribution is -2.52. The fourth-order valence-corrected chi connectivity index (χ4v) is 9.53. The fraction of sp³-hybridized carbons (Fsp3) is 0.431. The highest BCUT2D eigenvalue weighted by Gasteiger charge is 2.34. The summed E-state index contributed by atoms with van der Waals surface area (Å²) in [7, 11) is 0. The number of carbonyl (C=O) groups is 3. The van der Waals surface area contributed by atoms with Crippen molar-refractivity contribution in [2.75, 3.05) is 80.6 Å². The van der Waals surface area contributed by atoms with Gasteiger partial charge in [0.25, 0.3) is 0 Å². The number of aryl methyl sites for hydroxylation is 2. The van der Waals surface area contributed by atoms with Gasteiger partial charge in [-0.05, 0) is 99.5 Å². The Morgan fingerprint density at radius 2 is 1.41 bits per heavy atom. The van der Waals surface area contributed by atoms with Crippen molar-refractivity contribution in [3.05, 3.63) is 94.2 Å². The van der Waals surface area contributed by atoms with Gasteiger partial charge in [-0.2, -0.15) is 15.0 Å². The van der Waals surface area contributed by atoms with Crippen LogP contribution in [-0.4, -0.2) is 148 Å². The number of rotatable bonds is 20. The normalized spacial score (nSPS) is 15.0. The van der Waals surface area contributed by atoms with Crippen LogP contribution in [0, 0.1) is 5.92 Å². The van der Waals surface area contributed by atoms with E-state index in [-0.39, 0.29) is 58.3 Å². The Morgan fingerprint density at radius 3 is 2.07 bits per heavy atom. The second kappa shape index (κ2) is 22.8. The van der Waals surface area contributed by atoms with Crippen molar-refractivity contribution < 1.29 is 29.0 Å². The zero-order chi connectivity index (χ0) is 51.9. The van der Waals surface area contributed by atoms with Crippen LogP contribution >= 0.6 is 0 Å². The molecule has 0 radical (unpaired) electrons. The molecule has 2 aromatic carbocycles. The van der Waals surface area contributed by atoms with Crippen molar-refractivity contribution >= 4 is 52.3 Å². The number of phenolic OH excluding ortho intramolecular Hbond substituents is 1. The number of hydrogen-bond acceptors (Lipinski definition) is 18. The molecule has 6 heterocycles. The third-order valence-corrected chi connectivity index (χ3v) is 13.8. The SMILES string of the molecule is CC[C@H](C)[C@@H](C(=O)N1CCN(c2nc(Nc3ccc(-c4c5ccc(=O)cc-5oc5cc(O)ccc45)c(C(=O)O)c3)nc(N3CCN(C(=O)Cn4cc(CCCCN)nn4)CC3)n2)CC1)n1cc(CCCCN)nn1. The number of amides is 2. The first-order valence-electron chi connectivity index (χ1n) is 25.3. The van der Waals surface area contributed by atoms with Crippen molar-refractivity contribution in [1.29, 1.82) is 0 Å². The van der Waals surface area contributed by atoms with Crippen LogP contribution in [0.2, 0.25) is 0 Å². The van der Waals surface area contributed by atoms with Crippen LogP contribution < -0.4 is 32.0 Å².